The van der Waals surface area contributed by atoms with Gasteiger partial charge >= 0.3 is 6.18 Å². The fourth-order valence-corrected chi connectivity index (χ4v) is 3.90. The van der Waals surface area contributed by atoms with E-state index in [-0.39, 0.29) is 12.1 Å². The molecule has 0 aliphatic carbocycles. The zero-order valence-corrected chi connectivity index (χ0v) is 15.0. The van der Waals surface area contributed by atoms with Gasteiger partial charge in [-0.25, -0.2) is 0 Å². The van der Waals surface area contributed by atoms with Gasteiger partial charge in [0.05, 0.1) is 5.56 Å². The first-order valence-corrected chi connectivity index (χ1v) is 8.93. The molecule has 24 heavy (non-hydrogen) atoms. The minimum atomic E-state index is -4.30. The van der Waals surface area contributed by atoms with E-state index < -0.39 is 11.7 Å². The van der Waals surface area contributed by atoms with Crippen LogP contribution in [0, 0.1) is 5.92 Å². The van der Waals surface area contributed by atoms with E-state index in [1.54, 1.807) is 6.07 Å². The molecule has 1 saturated heterocycles. The molecule has 3 nitrogen and oxygen atoms in total. The molecule has 2 heterocycles. The molecule has 2 unspecified atom stereocenters. The fourth-order valence-electron chi connectivity index (χ4n) is 3.50. The van der Waals surface area contributed by atoms with Crippen LogP contribution in [0.15, 0.2) is 29.4 Å². The highest BCUT2D eigenvalue weighted by Gasteiger charge is 2.35. The van der Waals surface area contributed by atoms with E-state index in [2.05, 4.69) is 26.0 Å². The zero-order valence-electron chi connectivity index (χ0n) is 13.4. The Hall–Kier alpha value is -1.08. The molecule has 0 saturated carbocycles. The van der Waals surface area contributed by atoms with Gasteiger partial charge in [0.2, 0.25) is 0 Å². The molecule has 0 aromatic heterocycles. The van der Waals surface area contributed by atoms with Gasteiger partial charge in [-0.1, -0.05) is 17.3 Å². The van der Waals surface area contributed by atoms with Crippen LogP contribution in [0.25, 0.3) is 0 Å². The Balaban J connectivity index is 1.69. The third kappa shape index (κ3) is 3.94. The Kier molecular flexibility index (Phi) is 5.20. The average Bonchev–Trinajstić information content (AvgIpc) is 3.00. The van der Waals surface area contributed by atoms with Gasteiger partial charge in [-0.15, -0.1) is 0 Å². The lowest BCUT2D eigenvalue weighted by Gasteiger charge is -2.38. The predicted octanol–water partition coefficient (Wildman–Crippen LogP) is 4.98. The number of hydrogen-bond acceptors (Lipinski definition) is 3. The summed E-state index contributed by atoms with van der Waals surface area (Å²) in [5, 5.41) is 3.95. The first kappa shape index (κ1) is 17.7. The minimum Gasteiger partial charge on any atom is -0.391 e. The number of hydrogen-bond donors (Lipinski definition) is 0. The van der Waals surface area contributed by atoms with Crippen molar-refractivity contribution in [3.8, 4) is 0 Å². The van der Waals surface area contributed by atoms with Crippen molar-refractivity contribution in [3.63, 3.8) is 0 Å². The molecular formula is C17H20BrF3N2O. The predicted molar refractivity (Wildman–Crippen MR) is 90.0 cm³/mol. The number of rotatable bonds is 3. The van der Waals surface area contributed by atoms with E-state index >= 15 is 0 Å². The number of oxime groups is 1. The van der Waals surface area contributed by atoms with E-state index in [4.69, 9.17) is 4.84 Å². The fraction of sp³-hybridized carbons (Fsp3) is 0.588. The highest BCUT2D eigenvalue weighted by Crippen LogP contribution is 2.35. The summed E-state index contributed by atoms with van der Waals surface area (Å²) in [6.07, 6.45) is -1.38. The van der Waals surface area contributed by atoms with Crippen LogP contribution in [0.4, 0.5) is 13.2 Å². The molecule has 2 aliphatic rings. The van der Waals surface area contributed by atoms with Gasteiger partial charge in [0, 0.05) is 24.9 Å². The third-order valence-corrected chi connectivity index (χ3v) is 5.38. The average molecular weight is 405 g/mol. The van der Waals surface area contributed by atoms with Crippen molar-refractivity contribution in [2.45, 2.75) is 44.5 Å². The number of benzene rings is 1. The third-order valence-electron chi connectivity index (χ3n) is 4.92. The molecule has 2 aliphatic heterocycles. The SMILES string of the molecule is CC(c1cccc(C(F)(F)F)c1)N1CCCC([C@@H]2CC(Br)=NO2)C1. The molecule has 1 fully saturated rings. The molecule has 7 heteroatoms. The monoisotopic (exact) mass is 404 g/mol. The number of halogens is 4. The highest BCUT2D eigenvalue weighted by atomic mass is 79.9. The largest absolute Gasteiger partial charge is 0.416 e. The van der Waals surface area contributed by atoms with Crippen LogP contribution >= 0.6 is 15.9 Å². The number of piperidine rings is 1. The summed E-state index contributed by atoms with van der Waals surface area (Å²) in [7, 11) is 0. The Bertz CT molecular complexity index is 620. The topological polar surface area (TPSA) is 24.8 Å². The summed E-state index contributed by atoms with van der Waals surface area (Å²) < 4.78 is 39.6. The Morgan fingerprint density at radius 3 is 2.83 bits per heavy atom. The molecule has 0 spiro atoms. The molecule has 0 bridgehead atoms. The summed E-state index contributed by atoms with van der Waals surface area (Å²) >= 11 is 3.36. The van der Waals surface area contributed by atoms with Crippen LogP contribution in [-0.2, 0) is 11.0 Å². The molecule has 0 radical (unpaired) electrons. The van der Waals surface area contributed by atoms with Crippen LogP contribution in [-0.4, -0.2) is 28.7 Å². The van der Waals surface area contributed by atoms with Crippen LogP contribution in [0.1, 0.15) is 43.4 Å². The molecular weight excluding hydrogens is 385 g/mol. The molecule has 132 valence electrons. The van der Waals surface area contributed by atoms with Crippen LogP contribution in [0.3, 0.4) is 0 Å². The quantitative estimate of drug-likeness (QED) is 0.709. The molecule has 0 N–H and O–H groups in total. The number of alkyl halides is 3. The Labute approximate surface area is 148 Å². The summed E-state index contributed by atoms with van der Waals surface area (Å²) in [4.78, 5) is 7.72. The first-order chi connectivity index (χ1) is 11.3. The maximum absolute atomic E-state index is 12.9. The second-order valence-corrected chi connectivity index (χ2v) is 7.43. The summed E-state index contributed by atoms with van der Waals surface area (Å²) in [6.45, 7) is 3.68. The minimum absolute atomic E-state index is 0.0548. The maximum atomic E-state index is 12.9. The van der Waals surface area contributed by atoms with Crippen molar-refractivity contribution in [2.75, 3.05) is 13.1 Å². The van der Waals surface area contributed by atoms with Crippen LogP contribution in [0.2, 0.25) is 0 Å². The second-order valence-electron chi connectivity index (χ2n) is 6.51. The first-order valence-electron chi connectivity index (χ1n) is 8.14. The van der Waals surface area contributed by atoms with E-state index in [1.165, 1.54) is 12.1 Å². The summed E-state index contributed by atoms with van der Waals surface area (Å²) in [6, 6.07) is 5.59. The zero-order chi connectivity index (χ0) is 17.3. The highest BCUT2D eigenvalue weighted by molar-refractivity contribution is 9.18. The van der Waals surface area contributed by atoms with E-state index in [1.807, 2.05) is 6.92 Å². The van der Waals surface area contributed by atoms with E-state index in [0.29, 0.717) is 11.5 Å². The van der Waals surface area contributed by atoms with Crippen molar-refractivity contribution in [3.05, 3.63) is 35.4 Å². The molecule has 3 atom stereocenters. The Morgan fingerprint density at radius 1 is 1.38 bits per heavy atom. The van der Waals surface area contributed by atoms with Gasteiger partial charge in [0.15, 0.2) is 0 Å². The maximum Gasteiger partial charge on any atom is 0.416 e. The van der Waals surface area contributed by atoms with E-state index in [0.717, 1.165) is 43.0 Å². The van der Waals surface area contributed by atoms with Crippen molar-refractivity contribution < 1.29 is 18.0 Å². The number of likely N-dealkylation sites (tertiary alicyclic amines) is 1. The van der Waals surface area contributed by atoms with Gasteiger partial charge in [0.25, 0.3) is 0 Å². The molecule has 3 rings (SSSR count). The molecule has 1 aromatic carbocycles. The van der Waals surface area contributed by atoms with Gasteiger partial charge in [-0.05, 0) is 59.9 Å². The van der Waals surface area contributed by atoms with Crippen molar-refractivity contribution in [1.29, 1.82) is 0 Å². The van der Waals surface area contributed by atoms with E-state index in [9.17, 15) is 13.2 Å². The molecule has 0 amide bonds. The van der Waals surface area contributed by atoms with Gasteiger partial charge in [-0.2, -0.15) is 13.2 Å². The normalized spacial score (nSPS) is 26.8. The summed E-state index contributed by atoms with van der Waals surface area (Å²) in [5.41, 5.74) is 0.118. The van der Waals surface area contributed by atoms with Crippen molar-refractivity contribution >= 4 is 20.6 Å². The van der Waals surface area contributed by atoms with Crippen LogP contribution < -0.4 is 0 Å². The van der Waals surface area contributed by atoms with Crippen molar-refractivity contribution in [2.24, 2.45) is 11.1 Å². The number of nitrogens with zero attached hydrogens (tertiary/aromatic N) is 2. The lowest BCUT2D eigenvalue weighted by Crippen LogP contribution is -2.41. The summed E-state index contributed by atoms with van der Waals surface area (Å²) in [5.74, 6) is 0.353. The van der Waals surface area contributed by atoms with Gasteiger partial charge in [0.1, 0.15) is 10.7 Å². The van der Waals surface area contributed by atoms with Crippen molar-refractivity contribution in [1.82, 2.24) is 4.90 Å². The Morgan fingerprint density at radius 2 is 2.17 bits per heavy atom. The van der Waals surface area contributed by atoms with Crippen LogP contribution in [0.5, 0.6) is 0 Å². The van der Waals surface area contributed by atoms with Gasteiger partial charge in [-0.3, -0.25) is 4.90 Å². The van der Waals surface area contributed by atoms with Gasteiger partial charge < -0.3 is 4.84 Å². The second kappa shape index (κ2) is 7.04. The lowest BCUT2D eigenvalue weighted by atomic mass is 9.89. The smallest absolute Gasteiger partial charge is 0.391 e. The lowest BCUT2D eigenvalue weighted by molar-refractivity contribution is -0.137. The molecule has 1 aromatic rings. The standard InChI is InChI=1S/C17H20BrF3N2O/c1-11(12-4-2-6-14(8-12)17(19,20)21)23-7-3-5-13(10-23)15-9-16(18)22-24-15/h2,4,6,8,11,13,15H,3,5,7,9-10H2,1H3/t11?,13?,15-/m0/s1.